The van der Waals surface area contributed by atoms with E-state index in [1.54, 1.807) is 0 Å². The van der Waals surface area contributed by atoms with Gasteiger partial charge in [-0.1, -0.05) is 74.0 Å². The number of hydrazone groups is 1. The maximum Gasteiger partial charge on any atom is 0.272 e. The van der Waals surface area contributed by atoms with Gasteiger partial charge >= 0.3 is 0 Å². The van der Waals surface area contributed by atoms with E-state index in [-0.39, 0.29) is 5.91 Å². The molecule has 1 amide bonds. The van der Waals surface area contributed by atoms with E-state index in [0.717, 1.165) is 34.9 Å². The highest BCUT2D eigenvalue weighted by molar-refractivity contribution is 6.07. The molecule has 3 heteroatoms. The number of carbonyl (C=O) groups excluding carboxylic acids is 1. The minimum Gasteiger partial charge on any atom is -0.267 e. The van der Waals surface area contributed by atoms with Crippen LogP contribution in [0.1, 0.15) is 41.8 Å². The average Bonchev–Trinajstić information content (AvgIpc) is 2.66. The predicted molar refractivity (Wildman–Crippen MR) is 104 cm³/mol. The molecule has 0 aliphatic heterocycles. The van der Waals surface area contributed by atoms with Gasteiger partial charge in [0.15, 0.2) is 0 Å². The zero-order chi connectivity index (χ0) is 17.6. The van der Waals surface area contributed by atoms with Crippen molar-refractivity contribution in [1.82, 2.24) is 5.43 Å². The van der Waals surface area contributed by atoms with Crippen molar-refractivity contribution in [3.8, 4) is 0 Å². The Kier molecular flexibility index (Phi) is 5.24. The van der Waals surface area contributed by atoms with E-state index >= 15 is 0 Å². The van der Waals surface area contributed by atoms with Gasteiger partial charge in [-0.2, -0.15) is 5.10 Å². The van der Waals surface area contributed by atoms with Crippen molar-refractivity contribution in [2.75, 3.05) is 0 Å². The number of aryl methyl sites for hydroxylation is 1. The highest BCUT2D eigenvalue weighted by Crippen LogP contribution is 2.18. The van der Waals surface area contributed by atoms with Crippen LogP contribution >= 0.6 is 0 Å². The summed E-state index contributed by atoms with van der Waals surface area (Å²) in [6, 6.07) is 21.9. The number of carbonyl (C=O) groups is 1. The Bertz CT molecular complexity index is 905. The van der Waals surface area contributed by atoms with Crippen LogP contribution < -0.4 is 5.43 Å². The van der Waals surface area contributed by atoms with Gasteiger partial charge in [0.05, 0.1) is 5.71 Å². The zero-order valence-electron chi connectivity index (χ0n) is 14.6. The summed E-state index contributed by atoms with van der Waals surface area (Å²) in [5, 5.41) is 6.24. The maximum absolute atomic E-state index is 12.5. The number of hydrogen-bond acceptors (Lipinski definition) is 2. The molecule has 0 atom stereocenters. The average molecular weight is 330 g/mol. The Hall–Kier alpha value is -2.94. The summed E-state index contributed by atoms with van der Waals surface area (Å²) in [6.07, 6.45) is 2.21. The van der Waals surface area contributed by atoms with Crippen molar-refractivity contribution in [2.45, 2.75) is 26.7 Å². The number of hydrogen-bond donors (Lipinski definition) is 1. The summed E-state index contributed by atoms with van der Waals surface area (Å²) in [6.45, 7) is 4.07. The first kappa shape index (κ1) is 16.9. The molecule has 0 heterocycles. The second-order valence-corrected chi connectivity index (χ2v) is 6.11. The maximum atomic E-state index is 12.5. The van der Waals surface area contributed by atoms with Gasteiger partial charge in [0, 0.05) is 5.56 Å². The lowest BCUT2D eigenvalue weighted by atomic mass is 10.0. The van der Waals surface area contributed by atoms with Crippen LogP contribution in [0.3, 0.4) is 0 Å². The number of amides is 1. The van der Waals surface area contributed by atoms with Gasteiger partial charge in [-0.05, 0) is 41.3 Å². The van der Waals surface area contributed by atoms with E-state index in [1.165, 1.54) is 5.56 Å². The molecule has 0 aliphatic carbocycles. The first-order chi connectivity index (χ1) is 12.2. The first-order valence-electron chi connectivity index (χ1n) is 8.60. The first-order valence-corrected chi connectivity index (χ1v) is 8.60. The van der Waals surface area contributed by atoms with E-state index in [4.69, 9.17) is 0 Å². The third-order valence-corrected chi connectivity index (χ3v) is 4.27. The Morgan fingerprint density at radius 3 is 2.44 bits per heavy atom. The van der Waals surface area contributed by atoms with Gasteiger partial charge in [-0.3, -0.25) is 4.79 Å². The summed E-state index contributed by atoms with van der Waals surface area (Å²) in [5.74, 6) is -0.196. The van der Waals surface area contributed by atoms with E-state index < -0.39 is 0 Å². The molecule has 3 nitrogen and oxygen atoms in total. The molecule has 0 saturated carbocycles. The molecule has 0 aliphatic rings. The molecular formula is C22H22N2O. The summed E-state index contributed by atoms with van der Waals surface area (Å²) < 4.78 is 0. The molecular weight excluding hydrogens is 308 g/mol. The topological polar surface area (TPSA) is 41.5 Å². The Balaban J connectivity index is 1.77. The highest BCUT2D eigenvalue weighted by Gasteiger charge is 2.09. The molecule has 25 heavy (non-hydrogen) atoms. The third-order valence-electron chi connectivity index (χ3n) is 4.27. The van der Waals surface area contributed by atoms with Crippen LogP contribution in [0.5, 0.6) is 0 Å². The fourth-order valence-electron chi connectivity index (χ4n) is 2.88. The number of nitrogens with zero attached hydrogens (tertiary/aromatic N) is 1. The van der Waals surface area contributed by atoms with Gasteiger partial charge < -0.3 is 0 Å². The molecule has 0 bridgehead atoms. The predicted octanol–water partition coefficient (Wildman–Crippen LogP) is 4.95. The molecule has 0 radical (unpaired) electrons. The normalized spacial score (nSPS) is 11.5. The number of benzene rings is 3. The van der Waals surface area contributed by atoms with Crippen LogP contribution in [0.15, 0.2) is 71.8 Å². The van der Waals surface area contributed by atoms with Crippen LogP contribution in [0, 0.1) is 0 Å². The monoisotopic (exact) mass is 330 g/mol. The molecule has 0 saturated heterocycles. The van der Waals surface area contributed by atoms with Gasteiger partial charge in [0.1, 0.15) is 0 Å². The van der Waals surface area contributed by atoms with Crippen LogP contribution in [0.2, 0.25) is 0 Å². The molecule has 0 unspecified atom stereocenters. The SMILES string of the molecule is CCCc1ccc(/C(C)=N\NC(=O)c2cccc3ccccc23)cc1. The quantitative estimate of drug-likeness (QED) is 0.522. The van der Waals surface area contributed by atoms with Gasteiger partial charge in [0.2, 0.25) is 0 Å². The minimum atomic E-state index is -0.196. The summed E-state index contributed by atoms with van der Waals surface area (Å²) in [4.78, 5) is 12.5. The molecule has 0 fully saturated rings. The number of rotatable bonds is 5. The second-order valence-electron chi connectivity index (χ2n) is 6.11. The van der Waals surface area contributed by atoms with E-state index in [2.05, 4.69) is 29.6 Å². The van der Waals surface area contributed by atoms with Crippen LogP contribution in [-0.2, 0) is 6.42 Å². The van der Waals surface area contributed by atoms with Gasteiger partial charge in [-0.25, -0.2) is 5.43 Å². The van der Waals surface area contributed by atoms with Crippen molar-refractivity contribution in [3.05, 3.63) is 83.4 Å². The van der Waals surface area contributed by atoms with Crippen molar-refractivity contribution < 1.29 is 4.79 Å². The van der Waals surface area contributed by atoms with Crippen LogP contribution in [0.4, 0.5) is 0 Å². The lowest BCUT2D eigenvalue weighted by molar-refractivity contribution is 0.0956. The number of nitrogens with one attached hydrogen (secondary N) is 1. The lowest BCUT2D eigenvalue weighted by Crippen LogP contribution is -2.19. The Morgan fingerprint density at radius 2 is 1.68 bits per heavy atom. The number of fused-ring (bicyclic) bond motifs is 1. The molecule has 3 aromatic carbocycles. The molecule has 126 valence electrons. The van der Waals surface area contributed by atoms with Crippen LogP contribution in [0.25, 0.3) is 10.8 Å². The van der Waals surface area contributed by atoms with Crippen molar-refractivity contribution in [2.24, 2.45) is 5.10 Å². The van der Waals surface area contributed by atoms with Crippen molar-refractivity contribution >= 4 is 22.4 Å². The highest BCUT2D eigenvalue weighted by atomic mass is 16.2. The summed E-state index contributed by atoms with van der Waals surface area (Å²) >= 11 is 0. The molecule has 3 rings (SSSR count). The summed E-state index contributed by atoms with van der Waals surface area (Å²) in [7, 11) is 0. The summed E-state index contributed by atoms with van der Waals surface area (Å²) in [5.41, 5.74) is 6.43. The molecule has 1 N–H and O–H groups in total. The third kappa shape index (κ3) is 3.94. The van der Waals surface area contributed by atoms with Crippen molar-refractivity contribution in [1.29, 1.82) is 0 Å². The van der Waals surface area contributed by atoms with Crippen LogP contribution in [-0.4, -0.2) is 11.6 Å². The van der Waals surface area contributed by atoms with E-state index in [9.17, 15) is 4.79 Å². The smallest absolute Gasteiger partial charge is 0.267 e. The zero-order valence-corrected chi connectivity index (χ0v) is 14.6. The molecule has 0 aromatic heterocycles. The Labute approximate surface area is 148 Å². The van der Waals surface area contributed by atoms with E-state index in [1.807, 2.05) is 61.5 Å². The van der Waals surface area contributed by atoms with E-state index in [0.29, 0.717) is 5.56 Å². The lowest BCUT2D eigenvalue weighted by Gasteiger charge is -2.07. The minimum absolute atomic E-state index is 0.196. The fourth-order valence-corrected chi connectivity index (χ4v) is 2.88. The standard InChI is InChI=1S/C22H22N2O/c1-3-7-17-12-14-18(15-13-17)16(2)23-24-22(25)21-11-6-9-19-8-4-5-10-20(19)21/h4-6,8-15H,3,7H2,1-2H3,(H,24,25)/b23-16-. The van der Waals surface area contributed by atoms with Gasteiger partial charge in [-0.15, -0.1) is 0 Å². The second kappa shape index (κ2) is 7.75. The Morgan fingerprint density at radius 1 is 0.960 bits per heavy atom. The molecule has 0 spiro atoms. The largest absolute Gasteiger partial charge is 0.272 e. The van der Waals surface area contributed by atoms with Gasteiger partial charge in [0.25, 0.3) is 5.91 Å². The molecule has 3 aromatic rings. The fraction of sp³-hybridized carbons (Fsp3) is 0.182. The van der Waals surface area contributed by atoms with Crippen molar-refractivity contribution in [3.63, 3.8) is 0 Å².